The first-order valence-corrected chi connectivity index (χ1v) is 9.78. The Labute approximate surface area is 166 Å². The number of hydrogen-bond acceptors (Lipinski definition) is 5. The van der Waals surface area contributed by atoms with Crippen LogP contribution in [0.4, 0.5) is 5.69 Å². The summed E-state index contributed by atoms with van der Waals surface area (Å²) in [7, 11) is 0. The fourth-order valence-corrected chi connectivity index (χ4v) is 3.67. The zero-order chi connectivity index (χ0) is 20.2. The molecule has 2 N–H and O–H groups in total. The van der Waals surface area contributed by atoms with E-state index in [9.17, 15) is 14.4 Å². The number of aromatic nitrogens is 3. The highest BCUT2D eigenvalue weighted by Gasteiger charge is 2.17. The van der Waals surface area contributed by atoms with Gasteiger partial charge in [-0.05, 0) is 25.0 Å². The average molecular weight is 397 g/mol. The van der Waals surface area contributed by atoms with Crippen molar-refractivity contribution >= 4 is 28.6 Å². The third kappa shape index (κ3) is 4.56. The molecular formula is C20H23N5O4. The van der Waals surface area contributed by atoms with Crippen molar-refractivity contribution in [1.29, 1.82) is 0 Å². The SMILES string of the molecule is O=C(CCn1c(=O)oc2ccccc21)Nc1cnn(CC(=O)NC2CCCC2)c1. The lowest BCUT2D eigenvalue weighted by Gasteiger charge is -2.11. The van der Waals surface area contributed by atoms with Crippen molar-refractivity contribution in [3.63, 3.8) is 0 Å². The monoisotopic (exact) mass is 397 g/mol. The minimum absolute atomic E-state index is 0.0795. The second-order valence-electron chi connectivity index (χ2n) is 7.26. The molecule has 0 aliphatic heterocycles. The van der Waals surface area contributed by atoms with E-state index >= 15 is 0 Å². The van der Waals surface area contributed by atoms with E-state index < -0.39 is 5.76 Å². The largest absolute Gasteiger partial charge is 0.419 e. The van der Waals surface area contributed by atoms with Crippen molar-refractivity contribution in [2.45, 2.75) is 51.2 Å². The first kappa shape index (κ1) is 19.0. The molecule has 0 atom stereocenters. The average Bonchev–Trinajstić information content (AvgIpc) is 3.41. The van der Waals surface area contributed by atoms with Crippen molar-refractivity contribution in [3.05, 3.63) is 47.2 Å². The van der Waals surface area contributed by atoms with Crippen LogP contribution in [0.5, 0.6) is 0 Å². The molecule has 1 aliphatic carbocycles. The molecule has 1 aromatic carbocycles. The molecule has 1 aliphatic rings. The number of oxazole rings is 1. The number of hydrogen-bond donors (Lipinski definition) is 2. The fourth-order valence-electron chi connectivity index (χ4n) is 3.67. The van der Waals surface area contributed by atoms with Crippen LogP contribution in [-0.4, -0.2) is 32.2 Å². The number of para-hydroxylation sites is 2. The van der Waals surface area contributed by atoms with Crippen molar-refractivity contribution in [1.82, 2.24) is 19.7 Å². The first-order chi connectivity index (χ1) is 14.1. The van der Waals surface area contributed by atoms with E-state index in [1.165, 1.54) is 15.4 Å². The van der Waals surface area contributed by atoms with Crippen LogP contribution in [0.1, 0.15) is 32.1 Å². The van der Waals surface area contributed by atoms with Crippen LogP contribution in [0.2, 0.25) is 0 Å². The molecule has 0 spiro atoms. The van der Waals surface area contributed by atoms with E-state index in [0.717, 1.165) is 25.7 Å². The van der Waals surface area contributed by atoms with Gasteiger partial charge in [0.2, 0.25) is 11.8 Å². The summed E-state index contributed by atoms with van der Waals surface area (Å²) in [4.78, 5) is 36.3. The Bertz CT molecular complexity index is 1070. The van der Waals surface area contributed by atoms with E-state index in [1.807, 2.05) is 6.07 Å². The van der Waals surface area contributed by atoms with Gasteiger partial charge in [-0.2, -0.15) is 5.10 Å². The standard InChI is InChI=1S/C20H23N5O4/c26-18(9-10-25-16-7-3-4-8-17(16)29-20(25)28)23-15-11-21-24(12-15)13-19(27)22-14-5-1-2-6-14/h3-4,7-8,11-12,14H,1-2,5-6,9-10,13H2,(H,22,27)(H,23,26). The highest BCUT2D eigenvalue weighted by Crippen LogP contribution is 2.17. The number of carbonyl (C=O) groups is 2. The lowest BCUT2D eigenvalue weighted by atomic mass is 10.2. The molecule has 152 valence electrons. The van der Waals surface area contributed by atoms with Gasteiger partial charge in [0.15, 0.2) is 5.58 Å². The van der Waals surface area contributed by atoms with Crippen molar-refractivity contribution in [3.8, 4) is 0 Å². The summed E-state index contributed by atoms with van der Waals surface area (Å²) in [5, 5.41) is 9.86. The van der Waals surface area contributed by atoms with E-state index in [2.05, 4.69) is 15.7 Å². The Kier molecular flexibility index (Phi) is 5.46. The minimum Gasteiger partial charge on any atom is -0.408 e. The second kappa shape index (κ2) is 8.34. The number of rotatable bonds is 7. The second-order valence-corrected chi connectivity index (χ2v) is 7.26. The number of carbonyl (C=O) groups excluding carboxylic acids is 2. The molecule has 29 heavy (non-hydrogen) atoms. The predicted octanol–water partition coefficient (Wildman–Crippen LogP) is 1.88. The van der Waals surface area contributed by atoms with Gasteiger partial charge in [-0.15, -0.1) is 0 Å². The highest BCUT2D eigenvalue weighted by atomic mass is 16.4. The molecule has 2 amide bonds. The summed E-state index contributed by atoms with van der Waals surface area (Å²) in [5.41, 5.74) is 1.66. The highest BCUT2D eigenvalue weighted by molar-refractivity contribution is 5.90. The fraction of sp³-hybridized carbons (Fsp3) is 0.400. The predicted molar refractivity (Wildman–Crippen MR) is 106 cm³/mol. The maximum Gasteiger partial charge on any atom is 0.419 e. The molecule has 2 heterocycles. The topological polar surface area (TPSA) is 111 Å². The number of nitrogens with zero attached hydrogens (tertiary/aromatic N) is 3. The summed E-state index contributed by atoms with van der Waals surface area (Å²) in [6, 6.07) is 7.35. The number of benzene rings is 1. The number of nitrogens with one attached hydrogen (secondary N) is 2. The van der Waals surface area contributed by atoms with Gasteiger partial charge < -0.3 is 15.1 Å². The van der Waals surface area contributed by atoms with Gasteiger partial charge in [0, 0.05) is 25.2 Å². The van der Waals surface area contributed by atoms with Gasteiger partial charge in [0.25, 0.3) is 0 Å². The molecule has 0 unspecified atom stereocenters. The maximum absolute atomic E-state index is 12.2. The summed E-state index contributed by atoms with van der Waals surface area (Å²) >= 11 is 0. The van der Waals surface area contributed by atoms with Crippen LogP contribution in [-0.2, 0) is 22.7 Å². The van der Waals surface area contributed by atoms with Crippen molar-refractivity contribution < 1.29 is 14.0 Å². The third-order valence-corrected chi connectivity index (χ3v) is 5.08. The molecule has 0 saturated heterocycles. The first-order valence-electron chi connectivity index (χ1n) is 9.78. The number of amides is 2. The third-order valence-electron chi connectivity index (χ3n) is 5.08. The van der Waals surface area contributed by atoms with Gasteiger partial charge in [-0.1, -0.05) is 25.0 Å². The van der Waals surface area contributed by atoms with Gasteiger partial charge in [0.1, 0.15) is 6.54 Å². The molecule has 9 heteroatoms. The Morgan fingerprint density at radius 3 is 2.79 bits per heavy atom. The minimum atomic E-state index is -0.486. The van der Waals surface area contributed by atoms with Gasteiger partial charge >= 0.3 is 5.76 Å². The van der Waals surface area contributed by atoms with E-state index in [4.69, 9.17) is 4.42 Å². The molecular weight excluding hydrogens is 374 g/mol. The van der Waals surface area contributed by atoms with Crippen LogP contribution in [0.3, 0.4) is 0 Å². The summed E-state index contributed by atoms with van der Waals surface area (Å²) in [6.45, 7) is 0.322. The molecule has 3 aromatic rings. The van der Waals surface area contributed by atoms with Crippen LogP contribution in [0, 0.1) is 0 Å². The molecule has 1 fully saturated rings. The quantitative estimate of drug-likeness (QED) is 0.632. The zero-order valence-electron chi connectivity index (χ0n) is 16.0. The van der Waals surface area contributed by atoms with Crippen molar-refractivity contribution in [2.75, 3.05) is 5.32 Å². The normalized spacial score (nSPS) is 14.3. The Morgan fingerprint density at radius 1 is 1.17 bits per heavy atom. The Morgan fingerprint density at radius 2 is 1.97 bits per heavy atom. The van der Waals surface area contributed by atoms with E-state index in [-0.39, 0.29) is 37.4 Å². The van der Waals surface area contributed by atoms with Crippen molar-refractivity contribution in [2.24, 2.45) is 0 Å². The van der Waals surface area contributed by atoms with Gasteiger partial charge in [0.05, 0.1) is 17.4 Å². The van der Waals surface area contributed by atoms with E-state index in [0.29, 0.717) is 16.8 Å². The Hall–Kier alpha value is -3.36. The van der Waals surface area contributed by atoms with Crippen LogP contribution >= 0.6 is 0 Å². The molecule has 0 radical (unpaired) electrons. The molecule has 9 nitrogen and oxygen atoms in total. The number of fused-ring (bicyclic) bond motifs is 1. The van der Waals surface area contributed by atoms with E-state index in [1.54, 1.807) is 24.4 Å². The van der Waals surface area contributed by atoms with Crippen LogP contribution < -0.4 is 16.4 Å². The lowest BCUT2D eigenvalue weighted by Crippen LogP contribution is -2.35. The van der Waals surface area contributed by atoms with Crippen LogP contribution in [0.15, 0.2) is 45.9 Å². The number of anilines is 1. The summed E-state index contributed by atoms with van der Waals surface area (Å²) in [5.74, 6) is -0.818. The smallest absolute Gasteiger partial charge is 0.408 e. The molecule has 4 rings (SSSR count). The maximum atomic E-state index is 12.2. The number of aryl methyl sites for hydroxylation is 1. The van der Waals surface area contributed by atoms with Gasteiger partial charge in [-0.25, -0.2) is 4.79 Å². The molecule has 2 aromatic heterocycles. The Balaban J connectivity index is 1.29. The molecule has 0 bridgehead atoms. The summed E-state index contributed by atoms with van der Waals surface area (Å²) < 4.78 is 8.09. The summed E-state index contributed by atoms with van der Waals surface area (Å²) in [6.07, 6.45) is 7.60. The zero-order valence-corrected chi connectivity index (χ0v) is 16.0. The lowest BCUT2D eigenvalue weighted by molar-refractivity contribution is -0.122. The molecule has 1 saturated carbocycles. The van der Waals surface area contributed by atoms with Gasteiger partial charge in [-0.3, -0.25) is 18.8 Å². The van der Waals surface area contributed by atoms with Crippen LogP contribution in [0.25, 0.3) is 11.1 Å².